The molecule has 0 aliphatic heterocycles. The molecule has 2 rings (SSSR count). The maximum absolute atomic E-state index is 12.1. The molecule has 0 aromatic heterocycles. The number of unbranched alkanes of at least 4 members (excludes halogenated alkanes) is 2. The Labute approximate surface area is 110 Å². The van der Waals surface area contributed by atoms with E-state index in [1.54, 1.807) is 0 Å². The molecule has 18 heavy (non-hydrogen) atoms. The Morgan fingerprint density at radius 2 is 2.11 bits per heavy atom. The minimum Gasteiger partial charge on any atom is -0.339 e. The second kappa shape index (κ2) is 6.03. The predicted octanol–water partition coefficient (Wildman–Crippen LogP) is 3.71. The fraction of sp³-hybridized carbons (Fsp3) is 0.562. The van der Waals surface area contributed by atoms with Gasteiger partial charge in [0.05, 0.1) is 6.04 Å². The van der Waals surface area contributed by atoms with Crippen LogP contribution in [0.25, 0.3) is 0 Å². The highest BCUT2D eigenvalue weighted by molar-refractivity contribution is 5.76. The van der Waals surface area contributed by atoms with Crippen molar-refractivity contribution in [1.29, 1.82) is 0 Å². The molecule has 1 aromatic rings. The summed E-state index contributed by atoms with van der Waals surface area (Å²) in [6.45, 7) is 2.17. The third kappa shape index (κ3) is 2.74. The molecule has 98 valence electrons. The normalized spacial score (nSPS) is 17.6. The topological polar surface area (TPSA) is 20.3 Å². The van der Waals surface area contributed by atoms with Gasteiger partial charge in [0.25, 0.3) is 0 Å². The van der Waals surface area contributed by atoms with Crippen LogP contribution in [0.1, 0.15) is 56.2 Å². The van der Waals surface area contributed by atoms with Crippen LogP contribution < -0.4 is 0 Å². The van der Waals surface area contributed by atoms with Crippen molar-refractivity contribution in [2.24, 2.45) is 0 Å². The van der Waals surface area contributed by atoms with Gasteiger partial charge >= 0.3 is 0 Å². The summed E-state index contributed by atoms with van der Waals surface area (Å²) in [5.41, 5.74) is 2.76. The molecule has 0 fully saturated rings. The molecule has 0 saturated carbocycles. The molecular formula is C16H23NO. The zero-order valence-corrected chi connectivity index (χ0v) is 11.5. The quantitative estimate of drug-likeness (QED) is 0.724. The van der Waals surface area contributed by atoms with E-state index in [9.17, 15) is 4.79 Å². The SMILES string of the molecule is CCCCCC(=O)N(C)C1CCc2ccccc21. The number of hydrogen-bond donors (Lipinski definition) is 0. The van der Waals surface area contributed by atoms with Gasteiger partial charge in [-0.25, -0.2) is 0 Å². The van der Waals surface area contributed by atoms with E-state index in [4.69, 9.17) is 0 Å². The lowest BCUT2D eigenvalue weighted by molar-refractivity contribution is -0.132. The van der Waals surface area contributed by atoms with Crippen LogP contribution in [0.5, 0.6) is 0 Å². The Bertz CT molecular complexity index is 413. The first-order valence-corrected chi connectivity index (χ1v) is 7.07. The maximum atomic E-state index is 12.1. The Morgan fingerprint density at radius 3 is 2.89 bits per heavy atom. The Morgan fingerprint density at radius 1 is 1.33 bits per heavy atom. The molecule has 1 aromatic carbocycles. The van der Waals surface area contributed by atoms with Crippen molar-refractivity contribution in [3.05, 3.63) is 35.4 Å². The molecule has 2 heteroatoms. The summed E-state index contributed by atoms with van der Waals surface area (Å²) in [5.74, 6) is 0.296. The number of nitrogens with zero attached hydrogens (tertiary/aromatic N) is 1. The third-order valence-corrected chi connectivity index (χ3v) is 3.96. The Balaban J connectivity index is 1.98. The standard InChI is InChI=1S/C16H23NO/c1-3-4-5-10-16(18)17(2)15-12-11-13-8-6-7-9-14(13)15/h6-9,15H,3-5,10-12H2,1-2H3. The van der Waals surface area contributed by atoms with Crippen molar-refractivity contribution in [1.82, 2.24) is 4.90 Å². The Hall–Kier alpha value is -1.31. The van der Waals surface area contributed by atoms with Crippen LogP contribution in [-0.4, -0.2) is 17.9 Å². The third-order valence-electron chi connectivity index (χ3n) is 3.96. The van der Waals surface area contributed by atoms with E-state index in [0.717, 1.165) is 25.7 Å². The fourth-order valence-corrected chi connectivity index (χ4v) is 2.81. The molecule has 0 N–H and O–H groups in total. The van der Waals surface area contributed by atoms with Crippen molar-refractivity contribution >= 4 is 5.91 Å². The molecule has 1 aliphatic carbocycles. The average molecular weight is 245 g/mol. The molecule has 0 heterocycles. The zero-order valence-electron chi connectivity index (χ0n) is 11.5. The molecule has 0 saturated heterocycles. The number of rotatable bonds is 5. The molecule has 0 bridgehead atoms. The summed E-state index contributed by atoms with van der Waals surface area (Å²) in [7, 11) is 1.96. The summed E-state index contributed by atoms with van der Waals surface area (Å²) in [5, 5.41) is 0. The first-order valence-electron chi connectivity index (χ1n) is 7.07. The van der Waals surface area contributed by atoms with Gasteiger partial charge in [0.1, 0.15) is 0 Å². The average Bonchev–Trinajstić information content (AvgIpc) is 2.82. The number of fused-ring (bicyclic) bond motifs is 1. The van der Waals surface area contributed by atoms with Gasteiger partial charge in [-0.05, 0) is 30.4 Å². The maximum Gasteiger partial charge on any atom is 0.222 e. The highest BCUT2D eigenvalue weighted by atomic mass is 16.2. The number of amides is 1. The van der Waals surface area contributed by atoms with Gasteiger partial charge in [0, 0.05) is 13.5 Å². The monoisotopic (exact) mass is 245 g/mol. The minimum absolute atomic E-state index is 0.296. The number of aryl methyl sites for hydroxylation is 1. The van der Waals surface area contributed by atoms with E-state index >= 15 is 0 Å². The number of carbonyl (C=O) groups is 1. The van der Waals surface area contributed by atoms with Crippen molar-refractivity contribution in [3.63, 3.8) is 0 Å². The molecule has 1 unspecified atom stereocenters. The minimum atomic E-state index is 0.296. The summed E-state index contributed by atoms with van der Waals surface area (Å²) in [6.07, 6.45) is 6.23. The van der Waals surface area contributed by atoms with Crippen LogP contribution in [0.15, 0.2) is 24.3 Å². The van der Waals surface area contributed by atoms with Crippen LogP contribution >= 0.6 is 0 Å². The van der Waals surface area contributed by atoms with E-state index in [1.165, 1.54) is 17.5 Å². The predicted molar refractivity (Wildman–Crippen MR) is 74.4 cm³/mol. The van der Waals surface area contributed by atoms with Gasteiger partial charge in [0.15, 0.2) is 0 Å². The van der Waals surface area contributed by atoms with Crippen molar-refractivity contribution in [2.75, 3.05) is 7.05 Å². The van der Waals surface area contributed by atoms with Crippen LogP contribution in [0.2, 0.25) is 0 Å². The van der Waals surface area contributed by atoms with Crippen LogP contribution in [0.4, 0.5) is 0 Å². The van der Waals surface area contributed by atoms with Crippen LogP contribution in [0.3, 0.4) is 0 Å². The number of hydrogen-bond acceptors (Lipinski definition) is 1. The molecule has 0 radical (unpaired) electrons. The second-order valence-corrected chi connectivity index (χ2v) is 5.22. The fourth-order valence-electron chi connectivity index (χ4n) is 2.81. The van der Waals surface area contributed by atoms with E-state index in [0.29, 0.717) is 18.4 Å². The van der Waals surface area contributed by atoms with Crippen molar-refractivity contribution in [3.8, 4) is 0 Å². The molecule has 1 amide bonds. The zero-order chi connectivity index (χ0) is 13.0. The largest absolute Gasteiger partial charge is 0.339 e. The highest BCUT2D eigenvalue weighted by Crippen LogP contribution is 2.35. The van der Waals surface area contributed by atoms with Crippen LogP contribution in [-0.2, 0) is 11.2 Å². The van der Waals surface area contributed by atoms with Gasteiger partial charge in [-0.3, -0.25) is 4.79 Å². The number of benzene rings is 1. The van der Waals surface area contributed by atoms with Gasteiger partial charge < -0.3 is 4.90 Å². The van der Waals surface area contributed by atoms with Crippen LogP contribution in [0, 0.1) is 0 Å². The molecule has 1 aliphatic rings. The molecular weight excluding hydrogens is 222 g/mol. The van der Waals surface area contributed by atoms with E-state index in [-0.39, 0.29) is 0 Å². The lowest BCUT2D eigenvalue weighted by Gasteiger charge is -2.25. The van der Waals surface area contributed by atoms with E-state index in [1.807, 2.05) is 11.9 Å². The molecule has 1 atom stereocenters. The first kappa shape index (κ1) is 13.1. The summed E-state index contributed by atoms with van der Waals surface area (Å²) in [6, 6.07) is 8.82. The summed E-state index contributed by atoms with van der Waals surface area (Å²) in [4.78, 5) is 14.1. The Kier molecular flexibility index (Phi) is 4.40. The lowest BCUT2D eigenvalue weighted by Crippen LogP contribution is -2.29. The highest BCUT2D eigenvalue weighted by Gasteiger charge is 2.27. The van der Waals surface area contributed by atoms with Gasteiger partial charge in [-0.15, -0.1) is 0 Å². The second-order valence-electron chi connectivity index (χ2n) is 5.22. The molecule has 0 spiro atoms. The molecule has 2 nitrogen and oxygen atoms in total. The van der Waals surface area contributed by atoms with Gasteiger partial charge in [-0.1, -0.05) is 44.0 Å². The van der Waals surface area contributed by atoms with Gasteiger partial charge in [0.2, 0.25) is 5.91 Å². The lowest BCUT2D eigenvalue weighted by atomic mass is 10.1. The van der Waals surface area contributed by atoms with Crippen molar-refractivity contribution in [2.45, 2.75) is 51.5 Å². The van der Waals surface area contributed by atoms with E-state index < -0.39 is 0 Å². The first-order chi connectivity index (χ1) is 8.74. The summed E-state index contributed by atoms with van der Waals surface area (Å²) >= 11 is 0. The van der Waals surface area contributed by atoms with E-state index in [2.05, 4.69) is 31.2 Å². The number of carbonyl (C=O) groups excluding carboxylic acids is 1. The van der Waals surface area contributed by atoms with Gasteiger partial charge in [-0.2, -0.15) is 0 Å². The summed E-state index contributed by atoms with van der Waals surface area (Å²) < 4.78 is 0. The van der Waals surface area contributed by atoms with Crippen molar-refractivity contribution < 1.29 is 4.79 Å². The smallest absolute Gasteiger partial charge is 0.222 e.